The lowest BCUT2D eigenvalue weighted by atomic mass is 10.1. The summed E-state index contributed by atoms with van der Waals surface area (Å²) < 4.78 is 0. The predicted octanol–water partition coefficient (Wildman–Crippen LogP) is 3.23. The number of nitrogens with two attached hydrogens (primary N) is 1. The quantitative estimate of drug-likeness (QED) is 0.259. The number of benzene rings is 3. The van der Waals surface area contributed by atoms with E-state index in [0.717, 1.165) is 10.8 Å². The maximum atomic E-state index is 12.1. The zero-order valence-corrected chi connectivity index (χ0v) is 13.0. The average Bonchev–Trinajstić information content (AvgIpc) is 2.65. The van der Waals surface area contributed by atoms with Crippen molar-refractivity contribution < 1.29 is 14.6 Å². The molecule has 0 heterocycles. The van der Waals surface area contributed by atoms with Crippen molar-refractivity contribution in [1.82, 2.24) is 0 Å². The Kier molecular flexibility index (Phi) is 4.38. The van der Waals surface area contributed by atoms with Crippen molar-refractivity contribution in [3.63, 3.8) is 0 Å². The summed E-state index contributed by atoms with van der Waals surface area (Å²) in [6.45, 7) is 0. The summed E-state index contributed by atoms with van der Waals surface area (Å²) >= 11 is 0. The Labute approximate surface area is 142 Å². The van der Waals surface area contributed by atoms with Crippen molar-refractivity contribution in [2.75, 3.05) is 0 Å². The molecule has 0 unspecified atom stereocenters. The minimum absolute atomic E-state index is 0.127. The molecule has 0 saturated carbocycles. The lowest BCUT2D eigenvalue weighted by Gasteiger charge is -2.03. The molecule has 7 heteroatoms. The number of hydrogen-bond acceptors (Lipinski definition) is 5. The highest BCUT2D eigenvalue weighted by atomic mass is 16.7. The van der Waals surface area contributed by atoms with Crippen molar-refractivity contribution >= 4 is 28.3 Å². The van der Waals surface area contributed by atoms with Gasteiger partial charge in [0.25, 0.3) is 5.69 Å². The molecule has 3 rings (SSSR count). The second-order valence-corrected chi connectivity index (χ2v) is 5.22. The molecule has 0 radical (unpaired) electrons. The first-order chi connectivity index (χ1) is 12.0. The molecule has 0 bridgehead atoms. The number of carbonyl (C=O) groups is 1. The van der Waals surface area contributed by atoms with Gasteiger partial charge in [-0.2, -0.15) is 0 Å². The molecule has 0 aromatic heterocycles. The molecule has 2 N–H and O–H groups in total. The summed E-state index contributed by atoms with van der Waals surface area (Å²) in [6.07, 6.45) is 0. The molecule has 7 nitrogen and oxygen atoms in total. The van der Waals surface area contributed by atoms with Gasteiger partial charge in [0.05, 0.1) is 10.5 Å². The van der Waals surface area contributed by atoms with Gasteiger partial charge >= 0.3 is 5.97 Å². The number of rotatable bonds is 4. The van der Waals surface area contributed by atoms with E-state index in [2.05, 4.69) is 5.16 Å². The fourth-order valence-electron chi connectivity index (χ4n) is 2.29. The van der Waals surface area contributed by atoms with Crippen LogP contribution in [0.2, 0.25) is 0 Å². The number of fused-ring (bicyclic) bond motifs is 1. The van der Waals surface area contributed by atoms with Crippen LogP contribution in [0.1, 0.15) is 15.9 Å². The van der Waals surface area contributed by atoms with Gasteiger partial charge in [-0.25, -0.2) is 4.79 Å². The van der Waals surface area contributed by atoms with E-state index in [4.69, 9.17) is 10.6 Å². The van der Waals surface area contributed by atoms with E-state index in [1.165, 1.54) is 24.3 Å². The Balaban J connectivity index is 1.78. The van der Waals surface area contributed by atoms with Crippen molar-refractivity contribution in [3.05, 3.63) is 88.0 Å². The number of amidine groups is 1. The second-order valence-electron chi connectivity index (χ2n) is 5.22. The van der Waals surface area contributed by atoms with Crippen LogP contribution in [0.4, 0.5) is 5.69 Å². The third-order valence-corrected chi connectivity index (χ3v) is 3.56. The molecule has 0 amide bonds. The van der Waals surface area contributed by atoms with Crippen LogP contribution < -0.4 is 5.73 Å². The number of nitro groups is 1. The zero-order chi connectivity index (χ0) is 17.8. The van der Waals surface area contributed by atoms with E-state index in [0.29, 0.717) is 11.1 Å². The summed E-state index contributed by atoms with van der Waals surface area (Å²) in [4.78, 5) is 27.2. The number of non-ortho nitro benzene ring substituents is 1. The van der Waals surface area contributed by atoms with Gasteiger partial charge < -0.3 is 10.6 Å². The Hall–Kier alpha value is -3.74. The Morgan fingerprint density at radius 3 is 2.48 bits per heavy atom. The topological polar surface area (TPSA) is 108 Å². The van der Waals surface area contributed by atoms with E-state index < -0.39 is 10.9 Å². The first-order valence-electron chi connectivity index (χ1n) is 7.33. The van der Waals surface area contributed by atoms with E-state index in [1.807, 2.05) is 24.3 Å². The maximum absolute atomic E-state index is 12.1. The Morgan fingerprint density at radius 1 is 0.960 bits per heavy atom. The lowest BCUT2D eigenvalue weighted by Crippen LogP contribution is -2.15. The number of nitrogens with zero attached hydrogens (tertiary/aromatic N) is 2. The number of nitro benzene ring substituents is 1. The van der Waals surface area contributed by atoms with Crippen LogP contribution in [-0.4, -0.2) is 16.7 Å². The molecule has 0 aliphatic rings. The van der Waals surface area contributed by atoms with Gasteiger partial charge in [0.1, 0.15) is 0 Å². The van der Waals surface area contributed by atoms with Gasteiger partial charge in [-0.15, -0.1) is 0 Å². The average molecular weight is 335 g/mol. The molecule has 0 spiro atoms. The largest absolute Gasteiger partial charge is 0.380 e. The summed E-state index contributed by atoms with van der Waals surface area (Å²) in [6, 6.07) is 18.3. The predicted molar refractivity (Wildman–Crippen MR) is 93.2 cm³/mol. The molecular weight excluding hydrogens is 322 g/mol. The minimum atomic E-state index is -0.667. The maximum Gasteiger partial charge on any atom is 0.365 e. The van der Waals surface area contributed by atoms with Crippen molar-refractivity contribution in [1.29, 1.82) is 0 Å². The molecule has 0 atom stereocenters. The molecular formula is C18H13N3O4. The van der Waals surface area contributed by atoms with Crippen LogP contribution in [-0.2, 0) is 4.84 Å². The number of oxime groups is 1. The summed E-state index contributed by atoms with van der Waals surface area (Å²) in [5.41, 5.74) is 6.22. The molecule has 0 saturated heterocycles. The van der Waals surface area contributed by atoms with Crippen molar-refractivity contribution in [2.24, 2.45) is 10.9 Å². The van der Waals surface area contributed by atoms with Gasteiger partial charge in [-0.3, -0.25) is 10.1 Å². The molecule has 3 aromatic carbocycles. The summed E-state index contributed by atoms with van der Waals surface area (Å²) in [5.74, 6) is -0.794. The molecule has 0 fully saturated rings. The van der Waals surface area contributed by atoms with Gasteiger partial charge in [-0.05, 0) is 22.9 Å². The van der Waals surface area contributed by atoms with Crippen LogP contribution in [0.3, 0.4) is 0 Å². The van der Waals surface area contributed by atoms with Crippen molar-refractivity contribution in [2.45, 2.75) is 0 Å². The minimum Gasteiger partial charge on any atom is -0.380 e. The van der Waals surface area contributed by atoms with Crippen LogP contribution >= 0.6 is 0 Å². The fourth-order valence-corrected chi connectivity index (χ4v) is 2.29. The smallest absolute Gasteiger partial charge is 0.365 e. The molecule has 0 aliphatic heterocycles. The van der Waals surface area contributed by atoms with Crippen LogP contribution in [0, 0.1) is 10.1 Å². The first kappa shape index (κ1) is 16.1. The normalized spacial score (nSPS) is 11.3. The van der Waals surface area contributed by atoms with Crippen LogP contribution in [0.15, 0.2) is 71.9 Å². The van der Waals surface area contributed by atoms with E-state index in [-0.39, 0.29) is 11.5 Å². The summed E-state index contributed by atoms with van der Waals surface area (Å²) in [7, 11) is 0. The van der Waals surface area contributed by atoms with Gasteiger partial charge in [0, 0.05) is 17.7 Å². The van der Waals surface area contributed by atoms with Crippen LogP contribution in [0.5, 0.6) is 0 Å². The monoisotopic (exact) mass is 335 g/mol. The third-order valence-electron chi connectivity index (χ3n) is 3.56. The third kappa shape index (κ3) is 3.61. The molecule has 3 aromatic rings. The van der Waals surface area contributed by atoms with E-state index in [9.17, 15) is 14.9 Å². The van der Waals surface area contributed by atoms with E-state index in [1.54, 1.807) is 18.2 Å². The van der Waals surface area contributed by atoms with Gasteiger partial charge in [0.2, 0.25) is 0 Å². The van der Waals surface area contributed by atoms with E-state index >= 15 is 0 Å². The zero-order valence-electron chi connectivity index (χ0n) is 13.0. The molecule has 0 aliphatic carbocycles. The second kappa shape index (κ2) is 6.79. The highest BCUT2D eigenvalue weighted by Crippen LogP contribution is 2.17. The van der Waals surface area contributed by atoms with Crippen molar-refractivity contribution in [3.8, 4) is 0 Å². The number of carbonyl (C=O) groups excluding carboxylic acids is 1. The van der Waals surface area contributed by atoms with Gasteiger partial charge in [0.15, 0.2) is 5.84 Å². The fraction of sp³-hybridized carbons (Fsp3) is 0. The Morgan fingerprint density at radius 2 is 1.72 bits per heavy atom. The highest BCUT2D eigenvalue weighted by Gasteiger charge is 2.11. The molecule has 25 heavy (non-hydrogen) atoms. The standard InChI is InChI=1S/C18H13N3O4/c19-17(14-6-3-7-16(11-14)21(23)24)20-25-18(22)15-9-8-12-4-1-2-5-13(12)10-15/h1-11H,(H2,19,20). The summed E-state index contributed by atoms with van der Waals surface area (Å²) in [5, 5.41) is 16.2. The lowest BCUT2D eigenvalue weighted by molar-refractivity contribution is -0.384. The SMILES string of the molecule is N/C(=N/OC(=O)c1ccc2ccccc2c1)c1cccc([N+](=O)[O-])c1. The highest BCUT2D eigenvalue weighted by molar-refractivity contribution is 5.99. The molecule has 124 valence electrons. The number of hydrogen-bond donors (Lipinski definition) is 1. The van der Waals surface area contributed by atoms with Gasteiger partial charge in [-0.1, -0.05) is 47.6 Å². The first-order valence-corrected chi connectivity index (χ1v) is 7.33. The Bertz CT molecular complexity index is 998. The van der Waals surface area contributed by atoms with Crippen LogP contribution in [0.25, 0.3) is 10.8 Å².